The summed E-state index contributed by atoms with van der Waals surface area (Å²) in [5.41, 5.74) is 6.51. The highest BCUT2D eigenvalue weighted by molar-refractivity contribution is 7.91. The van der Waals surface area contributed by atoms with Crippen LogP contribution < -0.4 is 5.73 Å². The Labute approximate surface area is 122 Å². The molecule has 112 valence electrons. The second-order valence-corrected chi connectivity index (χ2v) is 7.53. The Kier molecular flexibility index (Phi) is 5.05. The highest BCUT2D eigenvalue weighted by Crippen LogP contribution is 2.30. The van der Waals surface area contributed by atoms with E-state index in [0.717, 1.165) is 43.7 Å². The van der Waals surface area contributed by atoms with Crippen molar-refractivity contribution in [1.82, 2.24) is 4.31 Å². The van der Waals surface area contributed by atoms with Crippen molar-refractivity contribution in [2.24, 2.45) is 4.36 Å². The fourth-order valence-corrected chi connectivity index (χ4v) is 4.77. The topological polar surface area (TPSA) is 58.7 Å². The molecular formula is C15H25N3OS. The molecule has 1 unspecified atom stereocenters. The van der Waals surface area contributed by atoms with Gasteiger partial charge < -0.3 is 5.73 Å². The maximum absolute atomic E-state index is 13.6. The standard InChI is InChI=1S/C15H25N3OS/c1-3-10-18(11-4-2)20(19,17-14-8-9-14)15-7-5-6-13(16)12-15/h5-7,12,14H,3-4,8-11,16H2,1-2H3. The molecule has 0 spiro atoms. The van der Waals surface area contributed by atoms with Crippen molar-refractivity contribution in [2.45, 2.75) is 50.5 Å². The maximum atomic E-state index is 13.6. The lowest BCUT2D eigenvalue weighted by Gasteiger charge is -2.25. The summed E-state index contributed by atoms with van der Waals surface area (Å²) in [4.78, 5) is 0.756. The molecule has 1 atom stereocenters. The van der Waals surface area contributed by atoms with E-state index in [4.69, 9.17) is 5.73 Å². The molecule has 1 fully saturated rings. The molecule has 1 aromatic rings. The van der Waals surface area contributed by atoms with Crippen molar-refractivity contribution < 1.29 is 4.21 Å². The summed E-state index contributed by atoms with van der Waals surface area (Å²) in [5.74, 6) is 0. The third kappa shape index (κ3) is 3.52. The summed E-state index contributed by atoms with van der Waals surface area (Å²) in [5, 5.41) is 0. The number of benzene rings is 1. The molecule has 2 N–H and O–H groups in total. The quantitative estimate of drug-likeness (QED) is 0.785. The molecule has 0 heterocycles. The number of nitrogen functional groups attached to an aromatic ring is 1. The molecule has 1 saturated carbocycles. The maximum Gasteiger partial charge on any atom is 0.140 e. The molecule has 0 bridgehead atoms. The molecule has 2 rings (SSSR count). The van der Waals surface area contributed by atoms with Gasteiger partial charge in [0.2, 0.25) is 0 Å². The summed E-state index contributed by atoms with van der Waals surface area (Å²) >= 11 is 0. The van der Waals surface area contributed by atoms with Gasteiger partial charge in [-0.1, -0.05) is 19.9 Å². The Bertz CT molecular complexity index is 554. The van der Waals surface area contributed by atoms with Crippen LogP contribution in [0, 0.1) is 0 Å². The second kappa shape index (κ2) is 6.59. The van der Waals surface area contributed by atoms with E-state index in [1.807, 2.05) is 28.6 Å². The van der Waals surface area contributed by atoms with Crippen LogP contribution in [-0.4, -0.2) is 27.6 Å². The first-order chi connectivity index (χ1) is 9.60. The molecule has 0 radical (unpaired) electrons. The number of nitrogens with zero attached hydrogens (tertiary/aromatic N) is 2. The number of nitrogens with two attached hydrogens (primary N) is 1. The first kappa shape index (κ1) is 15.3. The summed E-state index contributed by atoms with van der Waals surface area (Å²) in [6, 6.07) is 7.66. The zero-order valence-corrected chi connectivity index (χ0v) is 13.2. The lowest BCUT2D eigenvalue weighted by molar-refractivity contribution is 0.435. The van der Waals surface area contributed by atoms with Gasteiger partial charge in [0.05, 0.1) is 10.9 Å². The van der Waals surface area contributed by atoms with E-state index in [0.29, 0.717) is 5.69 Å². The second-order valence-electron chi connectivity index (χ2n) is 5.33. The fourth-order valence-electron chi connectivity index (χ4n) is 2.20. The first-order valence-electron chi connectivity index (χ1n) is 7.47. The predicted octanol–water partition coefficient (Wildman–Crippen LogP) is 3.30. The van der Waals surface area contributed by atoms with Crippen LogP contribution in [0.25, 0.3) is 0 Å². The summed E-state index contributed by atoms with van der Waals surface area (Å²) in [6.07, 6.45) is 4.07. The number of hydrogen-bond acceptors (Lipinski definition) is 3. The van der Waals surface area contributed by atoms with Crippen LogP contribution >= 0.6 is 0 Å². The monoisotopic (exact) mass is 295 g/mol. The minimum atomic E-state index is -2.51. The van der Waals surface area contributed by atoms with Gasteiger partial charge in [0.15, 0.2) is 0 Å². The van der Waals surface area contributed by atoms with E-state index in [9.17, 15) is 4.21 Å². The third-order valence-corrected chi connectivity index (χ3v) is 5.82. The van der Waals surface area contributed by atoms with E-state index in [2.05, 4.69) is 18.2 Å². The lowest BCUT2D eigenvalue weighted by atomic mass is 10.3. The predicted molar refractivity (Wildman–Crippen MR) is 84.9 cm³/mol. The molecule has 0 aliphatic heterocycles. The number of hydrogen-bond donors (Lipinski definition) is 1. The zero-order valence-electron chi connectivity index (χ0n) is 12.4. The Hall–Kier alpha value is -1.07. The molecule has 0 saturated heterocycles. The van der Waals surface area contributed by atoms with E-state index < -0.39 is 9.92 Å². The van der Waals surface area contributed by atoms with Crippen LogP contribution in [0.2, 0.25) is 0 Å². The third-order valence-electron chi connectivity index (χ3n) is 3.30. The summed E-state index contributed by atoms with van der Waals surface area (Å²) in [7, 11) is -2.51. The number of anilines is 1. The molecule has 1 aliphatic carbocycles. The zero-order chi connectivity index (χ0) is 14.6. The van der Waals surface area contributed by atoms with Crippen molar-refractivity contribution in [3.63, 3.8) is 0 Å². The first-order valence-corrected chi connectivity index (χ1v) is 8.94. The Morgan fingerprint density at radius 3 is 2.45 bits per heavy atom. The molecule has 1 aromatic carbocycles. The van der Waals surface area contributed by atoms with Crippen molar-refractivity contribution >= 4 is 15.6 Å². The lowest BCUT2D eigenvalue weighted by Crippen LogP contribution is -2.32. The SMILES string of the molecule is CCCN(CCC)S(=O)(=NC1CC1)c1cccc(N)c1. The largest absolute Gasteiger partial charge is 0.399 e. The molecule has 20 heavy (non-hydrogen) atoms. The van der Waals surface area contributed by atoms with Gasteiger partial charge in [-0.15, -0.1) is 0 Å². The van der Waals surface area contributed by atoms with E-state index in [-0.39, 0.29) is 6.04 Å². The van der Waals surface area contributed by atoms with E-state index >= 15 is 0 Å². The van der Waals surface area contributed by atoms with Gasteiger partial charge in [-0.3, -0.25) is 0 Å². The smallest absolute Gasteiger partial charge is 0.140 e. The van der Waals surface area contributed by atoms with Crippen LogP contribution in [0.4, 0.5) is 5.69 Å². The van der Waals surface area contributed by atoms with Crippen LogP contribution in [0.5, 0.6) is 0 Å². The minimum Gasteiger partial charge on any atom is -0.399 e. The molecule has 1 aliphatic rings. The van der Waals surface area contributed by atoms with Crippen LogP contribution in [-0.2, 0) is 9.92 Å². The van der Waals surface area contributed by atoms with Crippen molar-refractivity contribution in [1.29, 1.82) is 0 Å². The average Bonchev–Trinajstić information content (AvgIpc) is 3.22. The van der Waals surface area contributed by atoms with Crippen molar-refractivity contribution in [3.05, 3.63) is 24.3 Å². The average molecular weight is 295 g/mol. The van der Waals surface area contributed by atoms with Gasteiger partial charge >= 0.3 is 0 Å². The van der Waals surface area contributed by atoms with Gasteiger partial charge in [0.1, 0.15) is 9.92 Å². The van der Waals surface area contributed by atoms with Gasteiger partial charge in [-0.25, -0.2) is 12.9 Å². The van der Waals surface area contributed by atoms with Gasteiger partial charge in [-0.05, 0) is 43.9 Å². The van der Waals surface area contributed by atoms with Crippen molar-refractivity contribution in [3.8, 4) is 0 Å². The highest BCUT2D eigenvalue weighted by atomic mass is 32.2. The van der Waals surface area contributed by atoms with E-state index in [1.165, 1.54) is 0 Å². The molecule has 0 amide bonds. The Morgan fingerprint density at radius 1 is 1.30 bits per heavy atom. The van der Waals surface area contributed by atoms with Gasteiger partial charge in [-0.2, -0.15) is 0 Å². The van der Waals surface area contributed by atoms with Crippen molar-refractivity contribution in [2.75, 3.05) is 18.8 Å². The normalized spacial score (nSPS) is 17.9. The van der Waals surface area contributed by atoms with Gasteiger partial charge in [0.25, 0.3) is 0 Å². The van der Waals surface area contributed by atoms with Crippen LogP contribution in [0.1, 0.15) is 39.5 Å². The minimum absolute atomic E-state index is 0.264. The molecule has 0 aromatic heterocycles. The Balaban J connectivity index is 2.46. The summed E-state index contributed by atoms with van der Waals surface area (Å²) < 4.78 is 20.3. The number of rotatable bonds is 7. The molecular weight excluding hydrogens is 270 g/mol. The Morgan fingerprint density at radius 2 is 1.95 bits per heavy atom. The molecule has 4 nitrogen and oxygen atoms in total. The fraction of sp³-hybridized carbons (Fsp3) is 0.600. The van der Waals surface area contributed by atoms with Crippen LogP contribution in [0.3, 0.4) is 0 Å². The summed E-state index contributed by atoms with van der Waals surface area (Å²) in [6.45, 7) is 5.83. The highest BCUT2D eigenvalue weighted by Gasteiger charge is 2.28. The van der Waals surface area contributed by atoms with Crippen LogP contribution in [0.15, 0.2) is 33.5 Å². The van der Waals surface area contributed by atoms with E-state index in [1.54, 1.807) is 0 Å². The van der Waals surface area contributed by atoms with Gasteiger partial charge in [0, 0.05) is 18.8 Å². The molecule has 5 heteroatoms.